The van der Waals surface area contributed by atoms with E-state index in [2.05, 4.69) is 4.72 Å². The summed E-state index contributed by atoms with van der Waals surface area (Å²) in [6, 6.07) is 5.80. The maximum atomic E-state index is 13.5. The van der Waals surface area contributed by atoms with Gasteiger partial charge in [0, 0.05) is 12.1 Å². The summed E-state index contributed by atoms with van der Waals surface area (Å²) >= 11 is 0. The van der Waals surface area contributed by atoms with E-state index in [-0.39, 0.29) is 16.1 Å². The highest BCUT2D eigenvalue weighted by molar-refractivity contribution is 7.92. The Morgan fingerprint density at radius 3 is 2.32 bits per heavy atom. The van der Waals surface area contributed by atoms with Gasteiger partial charge in [-0.15, -0.1) is 0 Å². The van der Waals surface area contributed by atoms with Crippen molar-refractivity contribution < 1.29 is 22.1 Å². The molecule has 0 unspecified atom stereocenters. The summed E-state index contributed by atoms with van der Waals surface area (Å²) in [6.07, 6.45) is 0. The molecule has 116 valence electrons. The van der Waals surface area contributed by atoms with E-state index in [0.717, 1.165) is 30.3 Å². The third-order valence-corrected chi connectivity index (χ3v) is 4.22. The predicted molar refractivity (Wildman–Crippen MR) is 75.0 cm³/mol. The molecule has 0 aliphatic rings. The Balaban J connectivity index is 2.34. The monoisotopic (exact) mass is 328 g/mol. The van der Waals surface area contributed by atoms with Crippen LogP contribution in [0.1, 0.15) is 5.56 Å². The molecular formula is C13H10F2N2O4S. The van der Waals surface area contributed by atoms with Crippen molar-refractivity contribution in [3.05, 3.63) is 63.7 Å². The van der Waals surface area contributed by atoms with E-state index in [1.54, 1.807) is 0 Å². The molecule has 0 atom stereocenters. The van der Waals surface area contributed by atoms with Crippen LogP contribution in [0.4, 0.5) is 20.2 Å². The summed E-state index contributed by atoms with van der Waals surface area (Å²) in [6.45, 7) is 1.40. The number of hydrogen-bond acceptors (Lipinski definition) is 4. The van der Waals surface area contributed by atoms with Crippen molar-refractivity contribution in [3.63, 3.8) is 0 Å². The Morgan fingerprint density at radius 1 is 1.09 bits per heavy atom. The van der Waals surface area contributed by atoms with E-state index < -0.39 is 32.3 Å². The van der Waals surface area contributed by atoms with E-state index in [1.165, 1.54) is 6.92 Å². The minimum absolute atomic E-state index is 0.137. The second-order valence-corrected chi connectivity index (χ2v) is 6.12. The first-order valence-electron chi connectivity index (χ1n) is 5.93. The van der Waals surface area contributed by atoms with Crippen LogP contribution in [-0.2, 0) is 10.0 Å². The number of nitro benzene ring substituents is 1. The smallest absolute Gasteiger partial charge is 0.280 e. The van der Waals surface area contributed by atoms with Gasteiger partial charge in [0.05, 0.1) is 15.5 Å². The fraction of sp³-hybridized carbons (Fsp3) is 0.0769. The topological polar surface area (TPSA) is 89.3 Å². The van der Waals surface area contributed by atoms with Crippen LogP contribution in [0.5, 0.6) is 0 Å². The molecule has 0 saturated carbocycles. The van der Waals surface area contributed by atoms with Crippen LogP contribution in [-0.4, -0.2) is 13.3 Å². The van der Waals surface area contributed by atoms with Gasteiger partial charge in [-0.25, -0.2) is 12.8 Å². The molecule has 2 rings (SSSR count). The normalized spacial score (nSPS) is 11.2. The summed E-state index contributed by atoms with van der Waals surface area (Å²) in [5.74, 6) is -1.72. The Hall–Kier alpha value is -2.55. The molecule has 0 bridgehead atoms. The summed E-state index contributed by atoms with van der Waals surface area (Å²) in [4.78, 5) is 9.38. The van der Waals surface area contributed by atoms with E-state index in [0.29, 0.717) is 6.07 Å². The van der Waals surface area contributed by atoms with Gasteiger partial charge in [0.15, 0.2) is 0 Å². The Bertz CT molecular complexity index is 853. The van der Waals surface area contributed by atoms with Crippen molar-refractivity contribution in [1.29, 1.82) is 0 Å². The van der Waals surface area contributed by atoms with Crippen LogP contribution < -0.4 is 4.72 Å². The van der Waals surface area contributed by atoms with Gasteiger partial charge in [-0.05, 0) is 36.8 Å². The number of rotatable bonds is 4. The van der Waals surface area contributed by atoms with Crippen LogP contribution in [0.15, 0.2) is 41.3 Å². The number of halogens is 2. The number of nitrogens with one attached hydrogen (secondary N) is 1. The van der Waals surface area contributed by atoms with Crippen molar-refractivity contribution in [1.82, 2.24) is 0 Å². The maximum Gasteiger partial charge on any atom is 0.304 e. The molecule has 0 saturated heterocycles. The molecule has 0 amide bonds. The number of anilines is 1. The molecular weight excluding hydrogens is 318 g/mol. The highest BCUT2D eigenvalue weighted by atomic mass is 32.2. The lowest BCUT2D eigenvalue weighted by Gasteiger charge is -2.09. The molecule has 2 aromatic carbocycles. The molecule has 0 spiro atoms. The zero-order valence-electron chi connectivity index (χ0n) is 11.2. The second-order valence-electron chi connectivity index (χ2n) is 4.44. The predicted octanol–water partition coefficient (Wildman–Crippen LogP) is 2.98. The van der Waals surface area contributed by atoms with Gasteiger partial charge in [-0.1, -0.05) is 0 Å². The van der Waals surface area contributed by atoms with Gasteiger partial charge in [0.1, 0.15) is 5.82 Å². The highest BCUT2D eigenvalue weighted by Crippen LogP contribution is 2.23. The van der Waals surface area contributed by atoms with Gasteiger partial charge in [-0.2, -0.15) is 4.39 Å². The van der Waals surface area contributed by atoms with Crippen LogP contribution >= 0.6 is 0 Å². The first kappa shape index (κ1) is 15.8. The summed E-state index contributed by atoms with van der Waals surface area (Å²) in [5.41, 5.74) is -0.802. The lowest BCUT2D eigenvalue weighted by molar-refractivity contribution is -0.387. The van der Waals surface area contributed by atoms with Crippen molar-refractivity contribution in [2.75, 3.05) is 4.72 Å². The minimum Gasteiger partial charge on any atom is -0.280 e. The lowest BCUT2D eigenvalue weighted by atomic mass is 10.2. The molecule has 0 aliphatic carbocycles. The van der Waals surface area contributed by atoms with Gasteiger partial charge in [0.25, 0.3) is 10.0 Å². The SMILES string of the molecule is Cc1cc(S(=O)(=O)Nc2ccc([N+](=O)[O-])c(F)c2)ccc1F. The third-order valence-electron chi connectivity index (χ3n) is 2.84. The van der Waals surface area contributed by atoms with Crippen LogP contribution in [0.2, 0.25) is 0 Å². The Kier molecular flexibility index (Phi) is 4.09. The molecule has 0 fully saturated rings. The van der Waals surface area contributed by atoms with E-state index >= 15 is 0 Å². The summed E-state index contributed by atoms with van der Waals surface area (Å²) < 4.78 is 52.9. The first-order chi connectivity index (χ1) is 10.2. The molecule has 0 aromatic heterocycles. The van der Waals surface area contributed by atoms with Crippen molar-refractivity contribution in [3.8, 4) is 0 Å². The standard InChI is InChI=1S/C13H10F2N2O4S/c1-8-6-10(3-4-11(8)14)22(20,21)16-9-2-5-13(17(18)19)12(15)7-9/h2-7,16H,1H3. The number of sulfonamides is 1. The van der Waals surface area contributed by atoms with E-state index in [4.69, 9.17) is 0 Å². The zero-order valence-corrected chi connectivity index (χ0v) is 12.0. The number of nitrogens with zero attached hydrogens (tertiary/aromatic N) is 1. The van der Waals surface area contributed by atoms with Gasteiger partial charge >= 0.3 is 5.69 Å². The van der Waals surface area contributed by atoms with Crippen LogP contribution in [0, 0.1) is 28.7 Å². The fourth-order valence-electron chi connectivity index (χ4n) is 1.72. The van der Waals surface area contributed by atoms with E-state index in [1.807, 2.05) is 0 Å². The van der Waals surface area contributed by atoms with Crippen LogP contribution in [0.3, 0.4) is 0 Å². The quantitative estimate of drug-likeness (QED) is 0.690. The molecule has 6 nitrogen and oxygen atoms in total. The van der Waals surface area contributed by atoms with Gasteiger partial charge in [-0.3, -0.25) is 14.8 Å². The summed E-state index contributed by atoms with van der Waals surface area (Å²) in [5, 5.41) is 10.5. The first-order valence-corrected chi connectivity index (χ1v) is 7.42. The van der Waals surface area contributed by atoms with Crippen molar-refractivity contribution >= 4 is 21.4 Å². The maximum absolute atomic E-state index is 13.5. The number of benzene rings is 2. The van der Waals surface area contributed by atoms with Gasteiger partial charge < -0.3 is 0 Å². The third kappa shape index (κ3) is 3.19. The molecule has 2 aromatic rings. The Labute approximate surface area is 124 Å². The lowest BCUT2D eigenvalue weighted by Crippen LogP contribution is -2.13. The van der Waals surface area contributed by atoms with Crippen molar-refractivity contribution in [2.45, 2.75) is 11.8 Å². The minimum atomic E-state index is -4.06. The Morgan fingerprint density at radius 2 is 1.77 bits per heavy atom. The largest absolute Gasteiger partial charge is 0.304 e. The highest BCUT2D eigenvalue weighted by Gasteiger charge is 2.18. The molecule has 0 heterocycles. The molecule has 1 N–H and O–H groups in total. The fourth-order valence-corrected chi connectivity index (χ4v) is 2.85. The number of aryl methyl sites for hydroxylation is 1. The molecule has 9 heteroatoms. The molecule has 0 radical (unpaired) electrons. The molecule has 22 heavy (non-hydrogen) atoms. The average molecular weight is 328 g/mol. The zero-order chi connectivity index (χ0) is 16.5. The van der Waals surface area contributed by atoms with Crippen LogP contribution in [0.25, 0.3) is 0 Å². The molecule has 0 aliphatic heterocycles. The number of hydrogen-bond donors (Lipinski definition) is 1. The van der Waals surface area contributed by atoms with Gasteiger partial charge in [0.2, 0.25) is 5.82 Å². The second kappa shape index (κ2) is 5.68. The summed E-state index contributed by atoms with van der Waals surface area (Å²) in [7, 11) is -4.06. The number of nitro groups is 1. The van der Waals surface area contributed by atoms with E-state index in [9.17, 15) is 27.3 Å². The average Bonchev–Trinajstić information content (AvgIpc) is 2.40. The van der Waals surface area contributed by atoms with Crippen molar-refractivity contribution in [2.24, 2.45) is 0 Å².